The molecule has 1 aromatic rings. The summed E-state index contributed by atoms with van der Waals surface area (Å²) in [4.78, 5) is 2.12. The Balaban J connectivity index is 2.54. The summed E-state index contributed by atoms with van der Waals surface area (Å²) in [5.41, 5.74) is 0.720. The second-order valence-corrected chi connectivity index (χ2v) is 3.54. The van der Waals surface area contributed by atoms with E-state index in [9.17, 15) is 4.39 Å². The van der Waals surface area contributed by atoms with Crippen LogP contribution >= 0.6 is 0 Å². The Morgan fingerprint density at radius 2 is 2.07 bits per heavy atom. The zero-order chi connectivity index (χ0) is 11.1. The number of rotatable bonds is 6. The van der Waals surface area contributed by atoms with E-state index in [-0.39, 0.29) is 12.4 Å². The summed E-state index contributed by atoms with van der Waals surface area (Å²) in [5.74, 6) is -0.153. The summed E-state index contributed by atoms with van der Waals surface area (Å²) in [6.07, 6.45) is 0.738. The number of aliphatic hydroxyl groups excluding tert-OH is 1. The number of hydrogen-bond donors (Lipinski definition) is 1. The van der Waals surface area contributed by atoms with Crippen LogP contribution in [0.3, 0.4) is 0 Å². The lowest BCUT2D eigenvalue weighted by Crippen LogP contribution is -2.25. The van der Waals surface area contributed by atoms with Gasteiger partial charge in [-0.3, -0.25) is 4.90 Å². The molecule has 15 heavy (non-hydrogen) atoms. The molecule has 2 nitrogen and oxygen atoms in total. The quantitative estimate of drug-likeness (QED) is 0.778. The molecule has 0 aliphatic rings. The topological polar surface area (TPSA) is 23.5 Å². The molecule has 0 unspecified atom stereocenters. The molecule has 0 spiro atoms. The molecule has 0 bridgehead atoms. The molecule has 84 valence electrons. The molecule has 0 saturated heterocycles. The molecule has 0 atom stereocenters. The van der Waals surface area contributed by atoms with Crippen molar-refractivity contribution in [3.05, 3.63) is 35.6 Å². The first-order chi connectivity index (χ1) is 7.27. The van der Waals surface area contributed by atoms with Gasteiger partial charge in [-0.2, -0.15) is 0 Å². The van der Waals surface area contributed by atoms with Gasteiger partial charge in [0.25, 0.3) is 0 Å². The smallest absolute Gasteiger partial charge is 0.127 e. The van der Waals surface area contributed by atoms with Crippen LogP contribution in [0.4, 0.5) is 4.39 Å². The first-order valence-corrected chi connectivity index (χ1v) is 5.34. The molecule has 0 saturated carbocycles. The van der Waals surface area contributed by atoms with Crippen LogP contribution in [0.2, 0.25) is 0 Å². The van der Waals surface area contributed by atoms with E-state index in [0.717, 1.165) is 25.1 Å². The van der Waals surface area contributed by atoms with Gasteiger partial charge in [0.1, 0.15) is 5.82 Å². The van der Waals surface area contributed by atoms with Crippen molar-refractivity contribution in [2.75, 3.05) is 19.7 Å². The van der Waals surface area contributed by atoms with Crippen LogP contribution in [0.15, 0.2) is 24.3 Å². The predicted molar refractivity (Wildman–Crippen MR) is 59.1 cm³/mol. The summed E-state index contributed by atoms with van der Waals surface area (Å²) in [5, 5.41) is 8.73. The van der Waals surface area contributed by atoms with Crippen LogP contribution in [-0.4, -0.2) is 29.7 Å². The van der Waals surface area contributed by atoms with E-state index < -0.39 is 0 Å². The van der Waals surface area contributed by atoms with E-state index in [0.29, 0.717) is 6.54 Å². The van der Waals surface area contributed by atoms with Crippen LogP contribution in [0.25, 0.3) is 0 Å². The maximum absolute atomic E-state index is 13.3. The summed E-state index contributed by atoms with van der Waals surface area (Å²) in [7, 11) is 0. The maximum atomic E-state index is 13.3. The predicted octanol–water partition coefficient (Wildman–Crippen LogP) is 2.03. The molecule has 0 amide bonds. The third kappa shape index (κ3) is 3.98. The minimum Gasteiger partial charge on any atom is -0.396 e. The molecule has 0 aliphatic carbocycles. The lowest BCUT2D eigenvalue weighted by atomic mass is 10.2. The first-order valence-electron chi connectivity index (χ1n) is 5.34. The highest BCUT2D eigenvalue weighted by Crippen LogP contribution is 2.09. The Morgan fingerprint density at radius 3 is 2.67 bits per heavy atom. The fraction of sp³-hybridized carbons (Fsp3) is 0.500. The van der Waals surface area contributed by atoms with Crippen LogP contribution in [0.5, 0.6) is 0 Å². The molecule has 0 heterocycles. The number of benzene rings is 1. The monoisotopic (exact) mass is 211 g/mol. The summed E-state index contributed by atoms with van der Waals surface area (Å²) >= 11 is 0. The number of hydrogen-bond acceptors (Lipinski definition) is 2. The standard InChI is InChI=1S/C12H18FNO/c1-2-14(8-5-9-15)10-11-6-3-4-7-12(11)13/h3-4,6-7,15H,2,5,8-10H2,1H3. The van der Waals surface area contributed by atoms with E-state index in [2.05, 4.69) is 4.90 Å². The first kappa shape index (κ1) is 12.1. The van der Waals surface area contributed by atoms with Crippen molar-refractivity contribution >= 4 is 0 Å². The molecule has 3 heteroatoms. The molecule has 0 radical (unpaired) electrons. The average molecular weight is 211 g/mol. The number of aliphatic hydroxyl groups is 1. The van der Waals surface area contributed by atoms with Crippen LogP contribution in [0, 0.1) is 5.82 Å². The van der Waals surface area contributed by atoms with Crippen molar-refractivity contribution in [3.63, 3.8) is 0 Å². The van der Waals surface area contributed by atoms with E-state index in [1.807, 2.05) is 13.0 Å². The van der Waals surface area contributed by atoms with Crippen LogP contribution in [0.1, 0.15) is 18.9 Å². The molecule has 1 aromatic carbocycles. The van der Waals surface area contributed by atoms with Gasteiger partial charge < -0.3 is 5.11 Å². The Labute approximate surface area is 90.3 Å². The molecule has 1 rings (SSSR count). The van der Waals surface area contributed by atoms with Gasteiger partial charge in [0.15, 0.2) is 0 Å². The van der Waals surface area contributed by atoms with Gasteiger partial charge in [0.2, 0.25) is 0 Å². The van der Waals surface area contributed by atoms with Gasteiger partial charge in [-0.15, -0.1) is 0 Å². The van der Waals surface area contributed by atoms with Crippen molar-refractivity contribution in [2.24, 2.45) is 0 Å². The van der Waals surface area contributed by atoms with Gasteiger partial charge in [0.05, 0.1) is 0 Å². The van der Waals surface area contributed by atoms with E-state index in [1.54, 1.807) is 12.1 Å². The normalized spacial score (nSPS) is 10.9. The zero-order valence-corrected chi connectivity index (χ0v) is 9.12. The van der Waals surface area contributed by atoms with E-state index in [4.69, 9.17) is 5.11 Å². The number of halogens is 1. The molecule has 0 aromatic heterocycles. The lowest BCUT2D eigenvalue weighted by molar-refractivity contribution is 0.224. The molecular formula is C12H18FNO. The van der Waals surface area contributed by atoms with Crippen molar-refractivity contribution in [3.8, 4) is 0 Å². The van der Waals surface area contributed by atoms with E-state index >= 15 is 0 Å². The minimum absolute atomic E-state index is 0.153. The molecular weight excluding hydrogens is 193 g/mol. The van der Waals surface area contributed by atoms with Crippen molar-refractivity contribution < 1.29 is 9.50 Å². The lowest BCUT2D eigenvalue weighted by Gasteiger charge is -2.20. The van der Waals surface area contributed by atoms with Crippen molar-refractivity contribution in [2.45, 2.75) is 19.9 Å². The Kier molecular flexibility index (Phi) is 5.29. The van der Waals surface area contributed by atoms with E-state index in [1.165, 1.54) is 6.07 Å². The Morgan fingerprint density at radius 1 is 1.33 bits per heavy atom. The maximum Gasteiger partial charge on any atom is 0.127 e. The molecule has 0 aliphatic heterocycles. The second-order valence-electron chi connectivity index (χ2n) is 3.54. The Bertz CT molecular complexity index is 291. The highest BCUT2D eigenvalue weighted by atomic mass is 19.1. The van der Waals surface area contributed by atoms with Crippen molar-refractivity contribution in [1.82, 2.24) is 4.90 Å². The number of nitrogens with zero attached hydrogens (tertiary/aromatic N) is 1. The highest BCUT2D eigenvalue weighted by Gasteiger charge is 2.06. The second kappa shape index (κ2) is 6.53. The molecule has 1 N–H and O–H groups in total. The van der Waals surface area contributed by atoms with Crippen molar-refractivity contribution in [1.29, 1.82) is 0 Å². The average Bonchev–Trinajstić information content (AvgIpc) is 2.26. The van der Waals surface area contributed by atoms with Gasteiger partial charge in [-0.25, -0.2) is 4.39 Å². The third-order valence-electron chi connectivity index (χ3n) is 2.43. The largest absolute Gasteiger partial charge is 0.396 e. The van der Waals surface area contributed by atoms with Gasteiger partial charge in [-0.1, -0.05) is 25.1 Å². The fourth-order valence-corrected chi connectivity index (χ4v) is 1.51. The van der Waals surface area contributed by atoms with Gasteiger partial charge in [-0.05, 0) is 19.0 Å². The fourth-order valence-electron chi connectivity index (χ4n) is 1.51. The summed E-state index contributed by atoms with van der Waals surface area (Å²) < 4.78 is 13.3. The van der Waals surface area contributed by atoms with Crippen LogP contribution in [-0.2, 0) is 6.54 Å². The Hall–Kier alpha value is -0.930. The summed E-state index contributed by atoms with van der Waals surface area (Å²) in [6, 6.07) is 6.83. The van der Waals surface area contributed by atoms with Gasteiger partial charge >= 0.3 is 0 Å². The van der Waals surface area contributed by atoms with Crippen LogP contribution < -0.4 is 0 Å². The molecule has 0 fully saturated rings. The highest BCUT2D eigenvalue weighted by molar-refractivity contribution is 5.16. The summed E-state index contributed by atoms with van der Waals surface area (Å²) in [6.45, 7) is 4.52. The zero-order valence-electron chi connectivity index (χ0n) is 9.12. The minimum atomic E-state index is -0.153. The third-order valence-corrected chi connectivity index (χ3v) is 2.43. The SMILES string of the molecule is CCN(CCCO)Cc1ccccc1F. The van der Waals surface area contributed by atoms with Gasteiger partial charge in [0, 0.05) is 25.3 Å².